The van der Waals surface area contributed by atoms with Crippen LogP contribution in [-0.2, 0) is 11.3 Å². The van der Waals surface area contributed by atoms with E-state index >= 15 is 0 Å². The molecule has 20 heavy (non-hydrogen) atoms. The lowest BCUT2D eigenvalue weighted by Crippen LogP contribution is -2.31. The summed E-state index contributed by atoms with van der Waals surface area (Å²) in [4.78, 5) is 14.0. The van der Waals surface area contributed by atoms with E-state index in [1.807, 2.05) is 11.9 Å². The summed E-state index contributed by atoms with van der Waals surface area (Å²) < 4.78 is 6.54. The van der Waals surface area contributed by atoms with E-state index in [1.165, 1.54) is 4.68 Å². The lowest BCUT2D eigenvalue weighted by Gasteiger charge is -2.18. The summed E-state index contributed by atoms with van der Waals surface area (Å²) in [6.07, 6.45) is 2.62. The number of methoxy groups -OCH3 is 1. The highest BCUT2D eigenvalue weighted by atomic mass is 16.5. The van der Waals surface area contributed by atoms with E-state index in [2.05, 4.69) is 24.3 Å². The van der Waals surface area contributed by atoms with Crippen LogP contribution < -0.4 is 15.8 Å². The van der Waals surface area contributed by atoms with Crippen molar-refractivity contribution < 1.29 is 4.74 Å². The maximum Gasteiger partial charge on any atom is 0.268 e. The number of hydrogen-bond donors (Lipinski definition) is 1. The van der Waals surface area contributed by atoms with Crippen LogP contribution in [0, 0.1) is 0 Å². The van der Waals surface area contributed by atoms with Gasteiger partial charge in [-0.25, -0.2) is 4.68 Å². The topological polar surface area (TPSA) is 59.4 Å². The van der Waals surface area contributed by atoms with Gasteiger partial charge in [0.1, 0.15) is 0 Å². The van der Waals surface area contributed by atoms with Crippen molar-refractivity contribution in [3.63, 3.8) is 0 Å². The maximum absolute atomic E-state index is 12.0. The first-order chi connectivity index (χ1) is 9.58. The number of ether oxygens (including phenoxy) is 1. The Bertz CT molecular complexity index is 447. The fourth-order valence-electron chi connectivity index (χ4n) is 1.92. The molecule has 0 radical (unpaired) electrons. The molecule has 1 N–H and O–H groups in total. The summed E-state index contributed by atoms with van der Waals surface area (Å²) in [5, 5.41) is 7.56. The monoisotopic (exact) mass is 282 g/mol. The minimum atomic E-state index is -0.0598. The molecule has 0 saturated carbocycles. The fourth-order valence-corrected chi connectivity index (χ4v) is 1.92. The van der Waals surface area contributed by atoms with Gasteiger partial charge in [-0.1, -0.05) is 6.92 Å². The predicted molar refractivity (Wildman–Crippen MR) is 81.4 cm³/mol. The molecule has 114 valence electrons. The molecule has 0 spiro atoms. The van der Waals surface area contributed by atoms with E-state index < -0.39 is 0 Å². The van der Waals surface area contributed by atoms with Crippen molar-refractivity contribution in [2.75, 3.05) is 38.8 Å². The predicted octanol–water partition coefficient (Wildman–Crippen LogP) is 0.714. The summed E-state index contributed by atoms with van der Waals surface area (Å²) in [6, 6.07) is 2.01. The van der Waals surface area contributed by atoms with Gasteiger partial charge in [-0.2, -0.15) is 5.10 Å². The Labute approximate surface area is 120 Å². The Morgan fingerprint density at radius 2 is 2.30 bits per heavy atom. The molecule has 0 aromatic carbocycles. The number of aryl methyl sites for hydroxylation is 1. The number of anilines is 1. The lowest BCUT2D eigenvalue weighted by atomic mass is 10.2. The second kappa shape index (κ2) is 8.71. The standard InChI is InChI=1S/C14H26N4O2/c1-5-15-12(2)6-7-18-14(19)10-13(11-16-18)17(3)8-9-20-4/h10-12,15H,5-9H2,1-4H3. The van der Waals surface area contributed by atoms with Gasteiger partial charge in [-0.3, -0.25) is 4.79 Å². The van der Waals surface area contributed by atoms with E-state index in [0.29, 0.717) is 19.2 Å². The minimum Gasteiger partial charge on any atom is -0.383 e. The van der Waals surface area contributed by atoms with Crippen molar-refractivity contribution in [1.29, 1.82) is 0 Å². The Morgan fingerprint density at radius 3 is 2.90 bits per heavy atom. The zero-order valence-electron chi connectivity index (χ0n) is 12.9. The third-order valence-electron chi connectivity index (χ3n) is 3.25. The van der Waals surface area contributed by atoms with Gasteiger partial charge in [0.15, 0.2) is 0 Å². The van der Waals surface area contributed by atoms with Crippen LogP contribution in [0.1, 0.15) is 20.3 Å². The first-order valence-electron chi connectivity index (χ1n) is 7.09. The Hall–Kier alpha value is -1.40. The van der Waals surface area contributed by atoms with Crippen LogP contribution in [-0.4, -0.2) is 49.7 Å². The number of rotatable bonds is 9. The molecule has 1 aromatic heterocycles. The molecule has 0 fully saturated rings. The first-order valence-corrected chi connectivity index (χ1v) is 7.09. The quantitative estimate of drug-likeness (QED) is 0.723. The van der Waals surface area contributed by atoms with Crippen LogP contribution in [0.4, 0.5) is 5.69 Å². The van der Waals surface area contributed by atoms with Crippen molar-refractivity contribution in [3.8, 4) is 0 Å². The zero-order chi connectivity index (χ0) is 15.0. The van der Waals surface area contributed by atoms with Crippen LogP contribution in [0.25, 0.3) is 0 Å². The van der Waals surface area contributed by atoms with Gasteiger partial charge in [0, 0.05) is 39.4 Å². The molecule has 6 nitrogen and oxygen atoms in total. The molecule has 1 unspecified atom stereocenters. The van der Waals surface area contributed by atoms with E-state index in [4.69, 9.17) is 4.74 Å². The van der Waals surface area contributed by atoms with Crippen molar-refractivity contribution in [3.05, 3.63) is 22.6 Å². The summed E-state index contributed by atoms with van der Waals surface area (Å²) >= 11 is 0. The molecule has 1 atom stereocenters. The first kappa shape index (κ1) is 16.7. The summed E-state index contributed by atoms with van der Waals surface area (Å²) in [5.74, 6) is 0. The zero-order valence-corrected chi connectivity index (χ0v) is 12.9. The van der Waals surface area contributed by atoms with E-state index in [0.717, 1.165) is 25.2 Å². The van der Waals surface area contributed by atoms with E-state index in [-0.39, 0.29) is 5.56 Å². The van der Waals surface area contributed by atoms with Gasteiger partial charge in [0.2, 0.25) is 0 Å². The molecule has 1 heterocycles. The number of hydrogen-bond acceptors (Lipinski definition) is 5. The number of nitrogens with zero attached hydrogens (tertiary/aromatic N) is 3. The van der Waals surface area contributed by atoms with Crippen molar-refractivity contribution >= 4 is 5.69 Å². The average Bonchev–Trinajstić information content (AvgIpc) is 2.43. The van der Waals surface area contributed by atoms with Gasteiger partial charge in [0.25, 0.3) is 5.56 Å². The number of nitrogens with one attached hydrogen (secondary N) is 1. The molecule has 0 amide bonds. The van der Waals surface area contributed by atoms with Crippen molar-refractivity contribution in [2.24, 2.45) is 0 Å². The number of aromatic nitrogens is 2. The Balaban J connectivity index is 2.61. The SMILES string of the molecule is CCNC(C)CCn1ncc(N(C)CCOC)cc1=O. The Kier molecular flexibility index (Phi) is 7.25. The molecule has 0 aliphatic rings. The van der Waals surface area contributed by atoms with Crippen LogP contribution in [0.15, 0.2) is 17.1 Å². The molecule has 0 saturated heterocycles. The van der Waals surface area contributed by atoms with Crippen LogP contribution >= 0.6 is 0 Å². The third kappa shape index (κ3) is 5.30. The lowest BCUT2D eigenvalue weighted by molar-refractivity contribution is 0.206. The summed E-state index contributed by atoms with van der Waals surface area (Å²) in [7, 11) is 3.59. The summed E-state index contributed by atoms with van der Waals surface area (Å²) in [5.41, 5.74) is 0.762. The molecule has 0 aliphatic heterocycles. The van der Waals surface area contributed by atoms with Crippen LogP contribution in [0.3, 0.4) is 0 Å². The van der Waals surface area contributed by atoms with E-state index in [1.54, 1.807) is 19.4 Å². The molecule has 1 rings (SSSR count). The summed E-state index contributed by atoms with van der Waals surface area (Å²) in [6.45, 7) is 7.12. The van der Waals surface area contributed by atoms with Gasteiger partial charge < -0.3 is 15.0 Å². The molecular weight excluding hydrogens is 256 g/mol. The van der Waals surface area contributed by atoms with Crippen molar-refractivity contribution in [2.45, 2.75) is 32.9 Å². The molecule has 1 aromatic rings. The molecule has 0 aliphatic carbocycles. The second-order valence-electron chi connectivity index (χ2n) is 4.94. The highest BCUT2D eigenvalue weighted by Crippen LogP contribution is 2.06. The van der Waals surface area contributed by atoms with Gasteiger partial charge in [0.05, 0.1) is 18.5 Å². The molecule has 6 heteroatoms. The largest absolute Gasteiger partial charge is 0.383 e. The third-order valence-corrected chi connectivity index (χ3v) is 3.25. The highest BCUT2D eigenvalue weighted by Gasteiger charge is 2.06. The van der Waals surface area contributed by atoms with Crippen molar-refractivity contribution in [1.82, 2.24) is 15.1 Å². The average molecular weight is 282 g/mol. The Morgan fingerprint density at radius 1 is 1.55 bits per heavy atom. The second-order valence-corrected chi connectivity index (χ2v) is 4.94. The highest BCUT2D eigenvalue weighted by molar-refractivity contribution is 5.41. The molecule has 0 bridgehead atoms. The fraction of sp³-hybridized carbons (Fsp3) is 0.714. The van der Waals surface area contributed by atoms with Crippen LogP contribution in [0.2, 0.25) is 0 Å². The van der Waals surface area contributed by atoms with Gasteiger partial charge in [-0.05, 0) is 19.9 Å². The number of likely N-dealkylation sites (N-methyl/N-ethyl adjacent to an activating group) is 1. The normalized spacial score (nSPS) is 12.4. The van der Waals surface area contributed by atoms with E-state index in [9.17, 15) is 4.79 Å². The smallest absolute Gasteiger partial charge is 0.268 e. The minimum absolute atomic E-state index is 0.0598. The van der Waals surface area contributed by atoms with Gasteiger partial charge in [-0.15, -0.1) is 0 Å². The molecular formula is C14H26N4O2. The maximum atomic E-state index is 12.0. The van der Waals surface area contributed by atoms with Crippen LogP contribution in [0.5, 0.6) is 0 Å². The van der Waals surface area contributed by atoms with Gasteiger partial charge >= 0.3 is 0 Å².